The highest BCUT2D eigenvalue weighted by atomic mass is 16.6. The number of nitrogens with zero attached hydrogens (tertiary/aromatic N) is 1. The molecule has 1 N–H and O–H groups in total. The van der Waals surface area contributed by atoms with E-state index in [0.29, 0.717) is 11.4 Å². The van der Waals surface area contributed by atoms with Crippen molar-refractivity contribution in [2.75, 3.05) is 30.0 Å². The number of hydrogen-bond donors (Lipinski definition) is 1. The van der Waals surface area contributed by atoms with E-state index < -0.39 is 11.9 Å². The Labute approximate surface area is 133 Å². The van der Waals surface area contributed by atoms with Crippen LogP contribution >= 0.6 is 0 Å². The van der Waals surface area contributed by atoms with Crippen LogP contribution in [0.15, 0.2) is 36.0 Å². The maximum absolute atomic E-state index is 12.0. The van der Waals surface area contributed by atoms with Gasteiger partial charge < -0.3 is 19.7 Å². The summed E-state index contributed by atoms with van der Waals surface area (Å²) in [6.45, 7) is 3.53. The van der Waals surface area contributed by atoms with E-state index in [0.717, 1.165) is 0 Å². The van der Waals surface area contributed by atoms with Crippen molar-refractivity contribution in [2.24, 2.45) is 0 Å². The second kappa shape index (κ2) is 7.44. The number of benzene rings is 1. The molecule has 0 aliphatic carbocycles. The average Bonchev–Trinajstić information content (AvgIpc) is 2.52. The Morgan fingerprint density at radius 3 is 2.39 bits per heavy atom. The number of hydrogen-bond acceptors (Lipinski definition) is 6. The van der Waals surface area contributed by atoms with Gasteiger partial charge in [-0.05, 0) is 26.0 Å². The molecule has 23 heavy (non-hydrogen) atoms. The molecule has 7 nitrogen and oxygen atoms in total. The molecule has 1 amide bonds. The fourth-order valence-corrected chi connectivity index (χ4v) is 2.14. The van der Waals surface area contributed by atoms with Crippen molar-refractivity contribution in [3.63, 3.8) is 0 Å². The highest BCUT2D eigenvalue weighted by Gasteiger charge is 2.26. The second-order valence-electron chi connectivity index (χ2n) is 4.68. The molecular weight excluding hydrogens is 300 g/mol. The molecule has 0 atom stereocenters. The van der Waals surface area contributed by atoms with Crippen LogP contribution < -0.4 is 10.2 Å². The molecule has 7 heteroatoms. The maximum Gasteiger partial charge on any atom is 0.347 e. The van der Waals surface area contributed by atoms with E-state index in [1.807, 2.05) is 0 Å². The Kier molecular flexibility index (Phi) is 5.35. The summed E-state index contributed by atoms with van der Waals surface area (Å²) in [6.07, 6.45) is 1.30. The van der Waals surface area contributed by atoms with Crippen molar-refractivity contribution in [3.8, 4) is 0 Å². The van der Waals surface area contributed by atoms with Crippen LogP contribution in [0.2, 0.25) is 0 Å². The normalized spacial score (nSPS) is 12.8. The highest BCUT2D eigenvalue weighted by Crippen LogP contribution is 2.29. The fourth-order valence-electron chi connectivity index (χ4n) is 2.14. The molecule has 1 aliphatic heterocycles. The van der Waals surface area contributed by atoms with Crippen molar-refractivity contribution in [3.05, 3.63) is 36.0 Å². The van der Waals surface area contributed by atoms with Crippen molar-refractivity contribution < 1.29 is 23.9 Å². The number of fused-ring (bicyclic) bond motifs is 1. The zero-order chi connectivity index (χ0) is 16.8. The van der Waals surface area contributed by atoms with Crippen molar-refractivity contribution in [1.29, 1.82) is 0 Å². The van der Waals surface area contributed by atoms with E-state index >= 15 is 0 Å². The minimum Gasteiger partial charge on any atom is -0.462 e. The molecule has 1 aromatic rings. The molecule has 0 saturated heterocycles. The molecule has 0 spiro atoms. The Morgan fingerprint density at radius 2 is 1.78 bits per heavy atom. The van der Waals surface area contributed by atoms with Crippen molar-refractivity contribution >= 4 is 29.2 Å². The number of carbonyl (C=O) groups excluding carboxylic acids is 3. The van der Waals surface area contributed by atoms with Gasteiger partial charge >= 0.3 is 11.9 Å². The third kappa shape index (κ3) is 3.88. The lowest BCUT2D eigenvalue weighted by Gasteiger charge is -2.28. The first kappa shape index (κ1) is 16.5. The van der Waals surface area contributed by atoms with Gasteiger partial charge in [0.2, 0.25) is 5.91 Å². The van der Waals surface area contributed by atoms with E-state index in [4.69, 9.17) is 9.47 Å². The summed E-state index contributed by atoms with van der Waals surface area (Å²) >= 11 is 0. The first-order valence-electron chi connectivity index (χ1n) is 7.28. The van der Waals surface area contributed by atoms with Gasteiger partial charge in [-0.25, -0.2) is 9.59 Å². The SMILES string of the molecule is CCOC(=O)C(=CN1CC(=O)Nc2ccccc21)C(=O)OCC. The average molecular weight is 318 g/mol. The number of anilines is 2. The summed E-state index contributed by atoms with van der Waals surface area (Å²) in [5.41, 5.74) is 1.03. The number of rotatable bonds is 5. The van der Waals surface area contributed by atoms with Crippen LogP contribution in [0.3, 0.4) is 0 Å². The minimum absolute atomic E-state index is 0.0146. The predicted octanol–water partition coefficient (Wildman–Crippen LogP) is 1.46. The van der Waals surface area contributed by atoms with Gasteiger partial charge in [-0.15, -0.1) is 0 Å². The summed E-state index contributed by atoms with van der Waals surface area (Å²) in [5, 5.41) is 2.73. The number of nitrogens with one attached hydrogen (secondary N) is 1. The van der Waals surface area contributed by atoms with Crippen LogP contribution in [0.5, 0.6) is 0 Å². The lowest BCUT2D eigenvalue weighted by atomic mass is 10.2. The number of esters is 2. The first-order chi connectivity index (χ1) is 11.1. The number of amides is 1. The Morgan fingerprint density at radius 1 is 1.17 bits per heavy atom. The molecule has 0 unspecified atom stereocenters. The van der Waals surface area contributed by atoms with Crippen LogP contribution in [-0.2, 0) is 23.9 Å². The van der Waals surface area contributed by atoms with Crippen LogP contribution in [-0.4, -0.2) is 37.6 Å². The third-order valence-electron chi connectivity index (χ3n) is 3.08. The van der Waals surface area contributed by atoms with E-state index in [1.54, 1.807) is 38.1 Å². The monoisotopic (exact) mass is 318 g/mol. The Hall–Kier alpha value is -2.83. The number of ether oxygens (including phenoxy) is 2. The third-order valence-corrected chi connectivity index (χ3v) is 3.08. The summed E-state index contributed by atoms with van der Waals surface area (Å²) in [5.74, 6) is -1.81. The van der Waals surface area contributed by atoms with Gasteiger partial charge in [0.05, 0.1) is 24.6 Å². The van der Waals surface area contributed by atoms with Crippen LogP contribution in [0.1, 0.15) is 13.8 Å². The summed E-state index contributed by atoms with van der Waals surface area (Å²) in [4.78, 5) is 37.3. The standard InChI is InChI=1S/C16H18N2O5/c1-3-22-15(20)11(16(21)23-4-2)9-18-10-14(19)17-12-7-5-6-8-13(12)18/h5-9H,3-4,10H2,1-2H3,(H,17,19). The molecule has 0 radical (unpaired) electrons. The van der Waals surface area contributed by atoms with Gasteiger partial charge in [-0.1, -0.05) is 12.1 Å². The molecule has 0 fully saturated rings. The lowest BCUT2D eigenvalue weighted by molar-refractivity contribution is -0.146. The molecule has 0 bridgehead atoms. The largest absolute Gasteiger partial charge is 0.462 e. The van der Waals surface area contributed by atoms with Crippen LogP contribution in [0.25, 0.3) is 0 Å². The molecular formula is C16H18N2O5. The Bertz CT molecular complexity index is 634. The minimum atomic E-state index is -0.783. The zero-order valence-corrected chi connectivity index (χ0v) is 13.0. The van der Waals surface area contributed by atoms with Gasteiger partial charge in [-0.2, -0.15) is 0 Å². The van der Waals surface area contributed by atoms with Gasteiger partial charge in [-0.3, -0.25) is 4.79 Å². The molecule has 0 aromatic heterocycles. The quantitative estimate of drug-likeness (QED) is 0.383. The Balaban J connectivity index is 2.40. The zero-order valence-electron chi connectivity index (χ0n) is 13.0. The van der Waals surface area contributed by atoms with Gasteiger partial charge in [0.1, 0.15) is 6.54 Å². The smallest absolute Gasteiger partial charge is 0.347 e. The van der Waals surface area contributed by atoms with E-state index in [2.05, 4.69) is 5.32 Å². The molecule has 1 aliphatic rings. The molecule has 1 heterocycles. The summed E-state index contributed by atoms with van der Waals surface area (Å²) < 4.78 is 9.79. The van der Waals surface area contributed by atoms with Crippen molar-refractivity contribution in [2.45, 2.75) is 13.8 Å². The number of para-hydroxylation sites is 2. The van der Waals surface area contributed by atoms with Gasteiger partial charge in [0.25, 0.3) is 0 Å². The predicted molar refractivity (Wildman–Crippen MR) is 83.8 cm³/mol. The topological polar surface area (TPSA) is 84.9 Å². The van der Waals surface area contributed by atoms with Gasteiger partial charge in [0, 0.05) is 6.20 Å². The van der Waals surface area contributed by atoms with E-state index in [9.17, 15) is 14.4 Å². The fraction of sp³-hybridized carbons (Fsp3) is 0.312. The van der Waals surface area contributed by atoms with E-state index in [-0.39, 0.29) is 31.2 Å². The number of carbonyl (C=O) groups is 3. The summed E-state index contributed by atoms with van der Waals surface area (Å²) in [7, 11) is 0. The van der Waals surface area contributed by atoms with Crippen LogP contribution in [0.4, 0.5) is 11.4 Å². The first-order valence-corrected chi connectivity index (χ1v) is 7.28. The summed E-state index contributed by atoms with van der Waals surface area (Å²) in [6, 6.07) is 7.09. The van der Waals surface area contributed by atoms with Crippen molar-refractivity contribution in [1.82, 2.24) is 0 Å². The molecule has 0 saturated carbocycles. The molecule has 1 aromatic carbocycles. The second-order valence-corrected chi connectivity index (χ2v) is 4.68. The highest BCUT2D eigenvalue weighted by molar-refractivity contribution is 6.14. The van der Waals surface area contributed by atoms with E-state index in [1.165, 1.54) is 11.1 Å². The van der Waals surface area contributed by atoms with Gasteiger partial charge in [0.15, 0.2) is 5.57 Å². The maximum atomic E-state index is 12.0. The van der Waals surface area contributed by atoms with Crippen LogP contribution in [0, 0.1) is 0 Å². The molecule has 122 valence electrons. The molecule has 2 rings (SSSR count). The lowest BCUT2D eigenvalue weighted by Crippen LogP contribution is -2.36.